The van der Waals surface area contributed by atoms with Gasteiger partial charge in [-0.2, -0.15) is 0 Å². The van der Waals surface area contributed by atoms with Crippen LogP contribution in [0.25, 0.3) is 0 Å². The van der Waals surface area contributed by atoms with E-state index in [1.165, 1.54) is 52.0 Å². The maximum absolute atomic E-state index is 5.91. The third-order valence-electron chi connectivity index (χ3n) is 3.65. The Morgan fingerprint density at radius 1 is 1.13 bits per heavy atom. The van der Waals surface area contributed by atoms with Gasteiger partial charge in [0.25, 0.3) is 0 Å². The highest BCUT2D eigenvalue weighted by Gasteiger charge is 2.22. The van der Waals surface area contributed by atoms with Crippen molar-refractivity contribution in [1.82, 2.24) is 9.80 Å². The zero-order valence-corrected chi connectivity index (χ0v) is 9.99. The Hall–Kier alpha value is -0.120. The Morgan fingerprint density at radius 2 is 1.80 bits per heavy atom. The van der Waals surface area contributed by atoms with E-state index in [1.807, 2.05) is 0 Å². The molecule has 0 aromatic heterocycles. The number of nitrogens with zero attached hydrogens (tertiary/aromatic N) is 2. The Bertz CT molecular complexity index is 189. The molecular formula is C12H25N3. The van der Waals surface area contributed by atoms with Crippen LogP contribution in [-0.2, 0) is 0 Å². The molecular weight excluding hydrogens is 186 g/mol. The second kappa shape index (κ2) is 5.28. The van der Waals surface area contributed by atoms with Crippen molar-refractivity contribution < 1.29 is 0 Å². The van der Waals surface area contributed by atoms with E-state index in [-0.39, 0.29) is 0 Å². The first-order chi connectivity index (χ1) is 7.24. The Labute approximate surface area is 93.6 Å². The number of nitrogens with two attached hydrogens (primary N) is 1. The molecule has 2 aliphatic heterocycles. The van der Waals surface area contributed by atoms with E-state index in [2.05, 4.69) is 16.7 Å². The molecule has 0 amide bonds. The molecule has 15 heavy (non-hydrogen) atoms. The monoisotopic (exact) mass is 211 g/mol. The Kier molecular flexibility index (Phi) is 4.00. The van der Waals surface area contributed by atoms with Gasteiger partial charge in [0.15, 0.2) is 0 Å². The van der Waals surface area contributed by atoms with E-state index >= 15 is 0 Å². The molecule has 0 aromatic rings. The van der Waals surface area contributed by atoms with Gasteiger partial charge in [0, 0.05) is 25.7 Å². The molecule has 2 fully saturated rings. The molecule has 3 heteroatoms. The predicted molar refractivity (Wildman–Crippen MR) is 63.9 cm³/mol. The molecule has 0 radical (unpaired) electrons. The molecule has 2 aliphatic rings. The van der Waals surface area contributed by atoms with Crippen molar-refractivity contribution in [2.24, 2.45) is 11.7 Å². The van der Waals surface area contributed by atoms with Crippen LogP contribution in [0.4, 0.5) is 0 Å². The van der Waals surface area contributed by atoms with Crippen LogP contribution in [0.5, 0.6) is 0 Å². The lowest BCUT2D eigenvalue weighted by molar-refractivity contribution is 0.224. The summed E-state index contributed by atoms with van der Waals surface area (Å²) in [5.74, 6) is 0.799. The standard InChI is InChI=1S/C12H25N3/c1-11(8-14-5-2-3-6-14)9-15-7-4-12(13)10-15/h11-12H,2-10,13H2,1H3. The summed E-state index contributed by atoms with van der Waals surface area (Å²) in [7, 11) is 0. The van der Waals surface area contributed by atoms with E-state index in [1.54, 1.807) is 0 Å². The summed E-state index contributed by atoms with van der Waals surface area (Å²) in [4.78, 5) is 5.14. The van der Waals surface area contributed by atoms with E-state index in [4.69, 9.17) is 5.73 Å². The fourth-order valence-electron chi connectivity index (χ4n) is 2.93. The highest BCUT2D eigenvalue weighted by molar-refractivity contribution is 4.80. The minimum Gasteiger partial charge on any atom is -0.326 e. The summed E-state index contributed by atoms with van der Waals surface area (Å²) >= 11 is 0. The molecule has 0 aromatic carbocycles. The van der Waals surface area contributed by atoms with Gasteiger partial charge in [-0.3, -0.25) is 0 Å². The van der Waals surface area contributed by atoms with Gasteiger partial charge in [-0.25, -0.2) is 0 Å². The molecule has 2 N–H and O–H groups in total. The molecule has 88 valence electrons. The second-order valence-corrected chi connectivity index (χ2v) is 5.42. The van der Waals surface area contributed by atoms with Gasteiger partial charge < -0.3 is 15.5 Å². The number of hydrogen-bond donors (Lipinski definition) is 1. The summed E-state index contributed by atoms with van der Waals surface area (Å²) in [6.07, 6.45) is 4.00. The van der Waals surface area contributed by atoms with E-state index in [0.29, 0.717) is 6.04 Å². The van der Waals surface area contributed by atoms with Crippen LogP contribution in [-0.4, -0.2) is 55.1 Å². The molecule has 3 nitrogen and oxygen atoms in total. The van der Waals surface area contributed by atoms with Gasteiger partial charge in [-0.1, -0.05) is 6.92 Å². The van der Waals surface area contributed by atoms with Crippen molar-refractivity contribution in [3.05, 3.63) is 0 Å². The quantitative estimate of drug-likeness (QED) is 0.745. The van der Waals surface area contributed by atoms with Crippen LogP contribution in [0.1, 0.15) is 26.2 Å². The molecule has 2 rings (SSSR count). The first-order valence-electron chi connectivity index (χ1n) is 6.44. The largest absolute Gasteiger partial charge is 0.326 e. The number of hydrogen-bond acceptors (Lipinski definition) is 3. The Balaban J connectivity index is 1.65. The summed E-state index contributed by atoms with van der Waals surface area (Å²) < 4.78 is 0. The molecule has 0 aliphatic carbocycles. The lowest BCUT2D eigenvalue weighted by atomic mass is 10.1. The van der Waals surface area contributed by atoms with Gasteiger partial charge in [0.2, 0.25) is 0 Å². The number of likely N-dealkylation sites (tertiary alicyclic amines) is 2. The van der Waals surface area contributed by atoms with Crippen molar-refractivity contribution in [2.45, 2.75) is 32.2 Å². The molecule has 0 bridgehead atoms. The summed E-state index contributed by atoms with van der Waals surface area (Å²) in [6.45, 7) is 9.88. The van der Waals surface area contributed by atoms with Gasteiger partial charge in [-0.05, 0) is 44.8 Å². The topological polar surface area (TPSA) is 32.5 Å². The average molecular weight is 211 g/mol. The van der Waals surface area contributed by atoms with Gasteiger partial charge in [0.1, 0.15) is 0 Å². The first-order valence-corrected chi connectivity index (χ1v) is 6.44. The van der Waals surface area contributed by atoms with Crippen molar-refractivity contribution in [2.75, 3.05) is 39.3 Å². The van der Waals surface area contributed by atoms with Crippen molar-refractivity contribution in [3.63, 3.8) is 0 Å². The van der Waals surface area contributed by atoms with Crippen LogP contribution < -0.4 is 5.73 Å². The average Bonchev–Trinajstić information content (AvgIpc) is 2.77. The maximum atomic E-state index is 5.91. The minimum absolute atomic E-state index is 0.434. The van der Waals surface area contributed by atoms with Crippen LogP contribution in [0.2, 0.25) is 0 Å². The van der Waals surface area contributed by atoms with Crippen molar-refractivity contribution in [3.8, 4) is 0 Å². The third kappa shape index (κ3) is 3.44. The third-order valence-corrected chi connectivity index (χ3v) is 3.65. The summed E-state index contributed by atoms with van der Waals surface area (Å²) in [5.41, 5.74) is 5.91. The molecule has 0 spiro atoms. The lowest BCUT2D eigenvalue weighted by Gasteiger charge is -2.24. The van der Waals surface area contributed by atoms with Crippen molar-refractivity contribution >= 4 is 0 Å². The predicted octanol–water partition coefficient (Wildman–Crippen LogP) is 0.751. The van der Waals surface area contributed by atoms with Crippen LogP contribution in [0, 0.1) is 5.92 Å². The zero-order valence-electron chi connectivity index (χ0n) is 9.99. The summed E-state index contributed by atoms with van der Waals surface area (Å²) in [5, 5.41) is 0. The molecule has 2 atom stereocenters. The fraction of sp³-hybridized carbons (Fsp3) is 1.00. The summed E-state index contributed by atoms with van der Waals surface area (Å²) in [6, 6.07) is 0.434. The second-order valence-electron chi connectivity index (χ2n) is 5.42. The number of rotatable bonds is 4. The zero-order chi connectivity index (χ0) is 10.7. The van der Waals surface area contributed by atoms with Gasteiger partial charge >= 0.3 is 0 Å². The van der Waals surface area contributed by atoms with Crippen molar-refractivity contribution in [1.29, 1.82) is 0 Å². The minimum atomic E-state index is 0.434. The SMILES string of the molecule is CC(CN1CCCC1)CN1CCC(N)C1. The highest BCUT2D eigenvalue weighted by Crippen LogP contribution is 2.13. The normalized spacial score (nSPS) is 31.2. The molecule has 2 unspecified atom stereocenters. The highest BCUT2D eigenvalue weighted by atomic mass is 15.2. The van der Waals surface area contributed by atoms with Crippen LogP contribution >= 0.6 is 0 Å². The van der Waals surface area contributed by atoms with Crippen LogP contribution in [0.15, 0.2) is 0 Å². The lowest BCUT2D eigenvalue weighted by Crippen LogP contribution is -2.34. The van der Waals surface area contributed by atoms with E-state index < -0.39 is 0 Å². The first kappa shape index (κ1) is 11.4. The van der Waals surface area contributed by atoms with E-state index in [0.717, 1.165) is 12.5 Å². The molecule has 2 saturated heterocycles. The van der Waals surface area contributed by atoms with Crippen LogP contribution in [0.3, 0.4) is 0 Å². The fourth-order valence-corrected chi connectivity index (χ4v) is 2.93. The molecule has 0 saturated carbocycles. The van der Waals surface area contributed by atoms with Gasteiger partial charge in [0.05, 0.1) is 0 Å². The van der Waals surface area contributed by atoms with Gasteiger partial charge in [-0.15, -0.1) is 0 Å². The molecule has 2 heterocycles. The smallest absolute Gasteiger partial charge is 0.0180 e. The Morgan fingerprint density at radius 3 is 2.40 bits per heavy atom. The maximum Gasteiger partial charge on any atom is 0.0180 e. The van der Waals surface area contributed by atoms with E-state index in [9.17, 15) is 0 Å².